The van der Waals surface area contributed by atoms with Crippen LogP contribution < -0.4 is 10.9 Å². The van der Waals surface area contributed by atoms with Crippen molar-refractivity contribution < 1.29 is 13.6 Å². The van der Waals surface area contributed by atoms with Crippen molar-refractivity contribution in [1.29, 1.82) is 0 Å². The molecule has 1 saturated carbocycles. The third kappa shape index (κ3) is 3.34. The minimum absolute atomic E-state index is 0.0168. The van der Waals surface area contributed by atoms with Crippen molar-refractivity contribution in [3.8, 4) is 0 Å². The van der Waals surface area contributed by atoms with E-state index in [1.165, 1.54) is 19.3 Å². The Labute approximate surface area is 164 Å². The topological polar surface area (TPSA) is 72.5 Å². The van der Waals surface area contributed by atoms with Gasteiger partial charge >= 0.3 is 5.63 Å². The summed E-state index contributed by atoms with van der Waals surface area (Å²) >= 11 is 0. The summed E-state index contributed by atoms with van der Waals surface area (Å²) in [6.07, 6.45) is 8.15. The van der Waals surface area contributed by atoms with E-state index < -0.39 is 0 Å². The molecule has 5 nitrogen and oxygen atoms in total. The molecular weight excluding hydrogens is 354 g/mol. The van der Waals surface area contributed by atoms with Gasteiger partial charge in [0.25, 0.3) is 0 Å². The molecule has 148 valence electrons. The molecule has 0 unspecified atom stereocenters. The van der Waals surface area contributed by atoms with Crippen LogP contribution in [0.25, 0.3) is 21.9 Å². The summed E-state index contributed by atoms with van der Waals surface area (Å²) < 4.78 is 11.3. The van der Waals surface area contributed by atoms with Gasteiger partial charge in [-0.2, -0.15) is 0 Å². The number of benzene rings is 1. The van der Waals surface area contributed by atoms with Crippen molar-refractivity contribution in [3.05, 3.63) is 45.0 Å². The van der Waals surface area contributed by atoms with Crippen LogP contribution in [0.15, 0.2) is 26.0 Å². The van der Waals surface area contributed by atoms with Gasteiger partial charge in [0.2, 0.25) is 5.91 Å². The fraction of sp³-hybridized carbons (Fsp3) is 0.478. The molecule has 2 aromatic heterocycles. The summed E-state index contributed by atoms with van der Waals surface area (Å²) in [4.78, 5) is 25.0. The molecule has 2 heterocycles. The summed E-state index contributed by atoms with van der Waals surface area (Å²) in [5, 5.41) is 5.06. The van der Waals surface area contributed by atoms with Gasteiger partial charge in [-0.25, -0.2) is 4.79 Å². The lowest BCUT2D eigenvalue weighted by atomic mass is 9.95. The zero-order valence-corrected chi connectivity index (χ0v) is 16.8. The number of fused-ring (bicyclic) bond motifs is 2. The first-order valence-corrected chi connectivity index (χ1v) is 10.2. The van der Waals surface area contributed by atoms with E-state index in [0.29, 0.717) is 24.0 Å². The molecule has 1 N–H and O–H groups in total. The Morgan fingerprint density at radius 2 is 1.82 bits per heavy atom. The zero-order chi connectivity index (χ0) is 19.8. The van der Waals surface area contributed by atoms with Gasteiger partial charge in [0.05, 0.1) is 6.26 Å². The van der Waals surface area contributed by atoms with E-state index in [9.17, 15) is 9.59 Å². The molecule has 0 saturated heterocycles. The van der Waals surface area contributed by atoms with Crippen LogP contribution in [0.3, 0.4) is 0 Å². The maximum Gasteiger partial charge on any atom is 0.339 e. The van der Waals surface area contributed by atoms with E-state index in [1.807, 2.05) is 26.8 Å². The van der Waals surface area contributed by atoms with Gasteiger partial charge < -0.3 is 14.2 Å². The van der Waals surface area contributed by atoms with Crippen LogP contribution in [-0.4, -0.2) is 11.9 Å². The number of nitrogens with one attached hydrogen (secondary N) is 1. The maximum absolute atomic E-state index is 12.6. The molecule has 0 radical (unpaired) electrons. The zero-order valence-electron chi connectivity index (χ0n) is 16.8. The van der Waals surface area contributed by atoms with Crippen molar-refractivity contribution in [2.45, 2.75) is 71.8 Å². The SMILES string of the molecule is Cc1coc2c(C)c3oc(=O)c(CCC(=O)NC4CCCCC4)c(C)c3cc12. The number of carbonyl (C=O) groups excluding carboxylic acids is 1. The van der Waals surface area contributed by atoms with Gasteiger partial charge in [0.15, 0.2) is 0 Å². The summed E-state index contributed by atoms with van der Waals surface area (Å²) in [5.74, 6) is 0.0168. The fourth-order valence-corrected chi connectivity index (χ4v) is 4.39. The van der Waals surface area contributed by atoms with Gasteiger partial charge in [0.1, 0.15) is 11.2 Å². The Kier molecular flexibility index (Phi) is 5.00. The minimum Gasteiger partial charge on any atom is -0.464 e. The Morgan fingerprint density at radius 1 is 1.07 bits per heavy atom. The lowest BCUT2D eigenvalue weighted by molar-refractivity contribution is -0.121. The normalized spacial score (nSPS) is 15.4. The smallest absolute Gasteiger partial charge is 0.339 e. The Bertz CT molecular complexity index is 1100. The monoisotopic (exact) mass is 381 g/mol. The Morgan fingerprint density at radius 3 is 2.57 bits per heavy atom. The molecule has 0 atom stereocenters. The lowest BCUT2D eigenvalue weighted by Crippen LogP contribution is -2.36. The average molecular weight is 381 g/mol. The predicted octanol–water partition coefficient (Wildman–Crippen LogP) is 4.85. The average Bonchev–Trinajstić information content (AvgIpc) is 3.05. The molecular formula is C23H27NO4. The maximum atomic E-state index is 12.6. The number of hydrogen-bond acceptors (Lipinski definition) is 4. The van der Waals surface area contributed by atoms with Crippen LogP contribution in [0, 0.1) is 20.8 Å². The second-order valence-corrected chi connectivity index (χ2v) is 8.07. The van der Waals surface area contributed by atoms with E-state index in [2.05, 4.69) is 5.32 Å². The summed E-state index contributed by atoms with van der Waals surface area (Å²) in [6.45, 7) is 5.85. The number of rotatable bonds is 4. The van der Waals surface area contributed by atoms with Crippen LogP contribution >= 0.6 is 0 Å². The number of furan rings is 1. The highest BCUT2D eigenvalue weighted by molar-refractivity contribution is 5.99. The summed E-state index contributed by atoms with van der Waals surface area (Å²) in [6, 6.07) is 2.32. The molecule has 0 aliphatic heterocycles. The highest BCUT2D eigenvalue weighted by Gasteiger charge is 2.19. The number of aryl methyl sites for hydroxylation is 3. The van der Waals surface area contributed by atoms with E-state index >= 15 is 0 Å². The standard InChI is InChI=1S/C23H27NO4/c1-13-12-27-21-15(3)22-19(11-18(13)21)14(2)17(23(26)28-22)9-10-20(25)24-16-7-5-4-6-8-16/h11-12,16H,4-10H2,1-3H3,(H,24,25). The third-order valence-corrected chi connectivity index (χ3v) is 6.11. The lowest BCUT2D eigenvalue weighted by Gasteiger charge is -2.22. The molecule has 28 heavy (non-hydrogen) atoms. The van der Waals surface area contributed by atoms with Gasteiger partial charge in [0, 0.05) is 34.4 Å². The van der Waals surface area contributed by atoms with Crippen molar-refractivity contribution in [2.75, 3.05) is 0 Å². The molecule has 4 rings (SSSR count). The van der Waals surface area contributed by atoms with Crippen LogP contribution in [0.4, 0.5) is 0 Å². The van der Waals surface area contributed by atoms with E-state index in [-0.39, 0.29) is 17.6 Å². The molecule has 1 aliphatic carbocycles. The highest BCUT2D eigenvalue weighted by atomic mass is 16.4. The first-order chi connectivity index (χ1) is 13.5. The van der Waals surface area contributed by atoms with Crippen LogP contribution in [0.5, 0.6) is 0 Å². The number of carbonyl (C=O) groups is 1. The summed E-state index contributed by atoms with van der Waals surface area (Å²) in [5.41, 5.74) is 4.34. The van der Waals surface area contributed by atoms with Crippen LogP contribution in [0.2, 0.25) is 0 Å². The number of amides is 1. The highest BCUT2D eigenvalue weighted by Crippen LogP contribution is 2.32. The predicted molar refractivity (Wildman–Crippen MR) is 110 cm³/mol. The van der Waals surface area contributed by atoms with E-state index in [4.69, 9.17) is 8.83 Å². The van der Waals surface area contributed by atoms with Crippen molar-refractivity contribution in [2.24, 2.45) is 0 Å². The Hall–Kier alpha value is -2.56. The number of hydrogen-bond donors (Lipinski definition) is 1. The van der Waals surface area contributed by atoms with Gasteiger partial charge in [-0.05, 0) is 57.2 Å². The van der Waals surface area contributed by atoms with Crippen LogP contribution in [-0.2, 0) is 11.2 Å². The molecule has 0 spiro atoms. The van der Waals surface area contributed by atoms with Crippen molar-refractivity contribution in [1.82, 2.24) is 5.32 Å². The molecule has 1 fully saturated rings. The van der Waals surface area contributed by atoms with Crippen molar-refractivity contribution >= 4 is 27.8 Å². The van der Waals surface area contributed by atoms with Gasteiger partial charge in [-0.15, -0.1) is 0 Å². The van der Waals surface area contributed by atoms with E-state index in [0.717, 1.165) is 45.9 Å². The minimum atomic E-state index is -0.360. The largest absolute Gasteiger partial charge is 0.464 e. The quantitative estimate of drug-likeness (QED) is 0.656. The summed E-state index contributed by atoms with van der Waals surface area (Å²) in [7, 11) is 0. The molecule has 1 amide bonds. The first-order valence-electron chi connectivity index (χ1n) is 10.2. The molecule has 1 aromatic carbocycles. The van der Waals surface area contributed by atoms with Crippen molar-refractivity contribution in [3.63, 3.8) is 0 Å². The second kappa shape index (κ2) is 7.46. The molecule has 0 bridgehead atoms. The molecule has 5 heteroatoms. The molecule has 3 aromatic rings. The third-order valence-electron chi connectivity index (χ3n) is 6.11. The Balaban J connectivity index is 1.62. The van der Waals surface area contributed by atoms with Gasteiger partial charge in [-0.3, -0.25) is 4.79 Å². The van der Waals surface area contributed by atoms with Gasteiger partial charge in [-0.1, -0.05) is 19.3 Å². The first kappa shape index (κ1) is 18.8. The second-order valence-electron chi connectivity index (χ2n) is 8.07. The van der Waals surface area contributed by atoms with Crippen LogP contribution in [0.1, 0.15) is 60.8 Å². The fourth-order valence-electron chi connectivity index (χ4n) is 4.39. The van der Waals surface area contributed by atoms with E-state index in [1.54, 1.807) is 6.26 Å². The molecule has 1 aliphatic rings.